The highest BCUT2D eigenvalue weighted by molar-refractivity contribution is 5.91. The number of carbonyl (C=O) groups excluding carboxylic acids is 2. The summed E-state index contributed by atoms with van der Waals surface area (Å²) >= 11 is 0. The van der Waals surface area contributed by atoms with Crippen LogP contribution in [0.4, 0.5) is 0 Å². The number of H-pyrrole nitrogens is 1. The second-order valence-corrected chi connectivity index (χ2v) is 7.15. The van der Waals surface area contributed by atoms with Crippen LogP contribution in [-0.4, -0.2) is 51.0 Å². The van der Waals surface area contributed by atoms with Crippen LogP contribution in [0.1, 0.15) is 39.8 Å². The third-order valence-corrected chi connectivity index (χ3v) is 3.90. The Morgan fingerprint density at radius 1 is 1.19 bits per heavy atom. The number of nitrogens with zero attached hydrogens (tertiary/aromatic N) is 1. The van der Waals surface area contributed by atoms with Crippen LogP contribution in [0.5, 0.6) is 0 Å². The van der Waals surface area contributed by atoms with E-state index in [4.69, 9.17) is 5.73 Å². The fourth-order valence-corrected chi connectivity index (χ4v) is 2.48. The minimum atomic E-state index is -1.11. The topological polar surface area (TPSA) is 150 Å². The number of carboxylic acid groups (broad SMARTS) is 1. The van der Waals surface area contributed by atoms with Gasteiger partial charge < -0.3 is 26.5 Å². The van der Waals surface area contributed by atoms with Gasteiger partial charge in [-0.05, 0) is 18.3 Å². The third-order valence-electron chi connectivity index (χ3n) is 3.90. The summed E-state index contributed by atoms with van der Waals surface area (Å²) in [5.41, 5.74) is 6.61. The molecule has 1 rings (SSSR count). The van der Waals surface area contributed by atoms with E-state index in [2.05, 4.69) is 20.6 Å². The number of aromatic amines is 1. The van der Waals surface area contributed by atoms with Crippen molar-refractivity contribution in [3.8, 4) is 0 Å². The maximum absolute atomic E-state index is 12.5. The Morgan fingerprint density at radius 3 is 2.31 bits per heavy atom. The van der Waals surface area contributed by atoms with Gasteiger partial charge in [0.2, 0.25) is 11.8 Å². The summed E-state index contributed by atoms with van der Waals surface area (Å²) < 4.78 is 0. The average molecular weight is 367 g/mol. The lowest BCUT2D eigenvalue weighted by atomic mass is 10.00. The van der Waals surface area contributed by atoms with Gasteiger partial charge in [-0.15, -0.1) is 0 Å². The molecule has 0 radical (unpaired) electrons. The zero-order valence-electron chi connectivity index (χ0n) is 15.7. The average Bonchev–Trinajstić information content (AvgIpc) is 3.03. The van der Waals surface area contributed by atoms with Crippen molar-refractivity contribution in [2.45, 2.75) is 58.7 Å². The molecular formula is C17H29N5O4. The third kappa shape index (κ3) is 6.83. The van der Waals surface area contributed by atoms with Crippen LogP contribution in [0.15, 0.2) is 12.5 Å². The van der Waals surface area contributed by atoms with E-state index >= 15 is 0 Å². The first-order valence-corrected chi connectivity index (χ1v) is 8.68. The number of aliphatic carboxylic acids is 1. The van der Waals surface area contributed by atoms with E-state index in [1.807, 2.05) is 13.8 Å². The van der Waals surface area contributed by atoms with Gasteiger partial charge in [0.25, 0.3) is 0 Å². The quantitative estimate of drug-likeness (QED) is 0.394. The summed E-state index contributed by atoms with van der Waals surface area (Å²) in [6.07, 6.45) is 3.70. The van der Waals surface area contributed by atoms with Crippen LogP contribution in [0.25, 0.3) is 0 Å². The van der Waals surface area contributed by atoms with Gasteiger partial charge in [0.15, 0.2) is 0 Å². The van der Waals surface area contributed by atoms with Crippen LogP contribution in [-0.2, 0) is 20.8 Å². The standard InChI is InChI=1S/C17H29N5O4/c1-9(2)5-13(16(24)22-14(10(3)4)17(25)26)21-15(23)12(18)6-11-7-19-8-20-11/h7-10,12-14H,5-6,18H2,1-4H3,(H,19,20)(H,21,23)(H,22,24)(H,25,26). The molecule has 1 heterocycles. The van der Waals surface area contributed by atoms with Gasteiger partial charge in [0.1, 0.15) is 12.1 Å². The van der Waals surface area contributed by atoms with Gasteiger partial charge in [-0.25, -0.2) is 9.78 Å². The second kappa shape index (κ2) is 9.91. The highest BCUT2D eigenvalue weighted by atomic mass is 16.4. The highest BCUT2D eigenvalue weighted by Gasteiger charge is 2.30. The first kappa shape index (κ1) is 21.6. The second-order valence-electron chi connectivity index (χ2n) is 7.15. The Balaban J connectivity index is 2.76. The normalized spacial score (nSPS) is 14.7. The van der Waals surface area contributed by atoms with E-state index in [0.29, 0.717) is 12.1 Å². The lowest BCUT2D eigenvalue weighted by molar-refractivity contribution is -0.143. The summed E-state index contributed by atoms with van der Waals surface area (Å²) in [4.78, 5) is 42.9. The maximum Gasteiger partial charge on any atom is 0.326 e. The molecule has 1 aromatic rings. The van der Waals surface area contributed by atoms with E-state index < -0.39 is 35.9 Å². The summed E-state index contributed by atoms with van der Waals surface area (Å²) in [7, 11) is 0. The number of nitrogens with two attached hydrogens (primary N) is 1. The number of amides is 2. The number of imidazole rings is 1. The predicted molar refractivity (Wildman–Crippen MR) is 96.1 cm³/mol. The van der Waals surface area contributed by atoms with Crippen LogP contribution in [0.2, 0.25) is 0 Å². The number of carbonyl (C=O) groups is 3. The number of aromatic nitrogens is 2. The van der Waals surface area contributed by atoms with Crippen molar-refractivity contribution in [1.82, 2.24) is 20.6 Å². The summed E-state index contributed by atoms with van der Waals surface area (Å²) in [5.74, 6) is -2.27. The van der Waals surface area contributed by atoms with E-state index in [0.717, 1.165) is 0 Å². The molecule has 0 spiro atoms. The molecule has 6 N–H and O–H groups in total. The zero-order valence-corrected chi connectivity index (χ0v) is 15.7. The maximum atomic E-state index is 12.5. The Morgan fingerprint density at radius 2 is 1.85 bits per heavy atom. The molecule has 26 heavy (non-hydrogen) atoms. The minimum Gasteiger partial charge on any atom is -0.480 e. The molecule has 3 unspecified atom stereocenters. The fraction of sp³-hybridized carbons (Fsp3) is 0.647. The minimum absolute atomic E-state index is 0.122. The van der Waals surface area contributed by atoms with Gasteiger partial charge >= 0.3 is 5.97 Å². The van der Waals surface area contributed by atoms with Gasteiger partial charge in [0, 0.05) is 18.3 Å². The number of hydrogen-bond donors (Lipinski definition) is 5. The van der Waals surface area contributed by atoms with Crippen molar-refractivity contribution in [3.63, 3.8) is 0 Å². The van der Waals surface area contributed by atoms with E-state index in [9.17, 15) is 19.5 Å². The highest BCUT2D eigenvalue weighted by Crippen LogP contribution is 2.08. The lowest BCUT2D eigenvalue weighted by Gasteiger charge is -2.25. The molecule has 9 heteroatoms. The van der Waals surface area contributed by atoms with Crippen molar-refractivity contribution in [3.05, 3.63) is 18.2 Å². The van der Waals surface area contributed by atoms with Gasteiger partial charge in [-0.1, -0.05) is 27.7 Å². The molecule has 9 nitrogen and oxygen atoms in total. The van der Waals surface area contributed by atoms with Crippen molar-refractivity contribution in [1.29, 1.82) is 0 Å². The number of rotatable bonds is 10. The molecule has 0 fully saturated rings. The molecule has 0 aliphatic rings. The molecule has 146 valence electrons. The predicted octanol–water partition coefficient (Wildman–Crippen LogP) is 0.0358. The lowest BCUT2D eigenvalue weighted by Crippen LogP contribution is -2.56. The van der Waals surface area contributed by atoms with Crippen molar-refractivity contribution in [2.24, 2.45) is 17.6 Å². The van der Waals surface area contributed by atoms with E-state index in [1.54, 1.807) is 20.0 Å². The van der Waals surface area contributed by atoms with Crippen LogP contribution in [0.3, 0.4) is 0 Å². The molecular weight excluding hydrogens is 338 g/mol. The zero-order chi connectivity index (χ0) is 19.9. The van der Waals surface area contributed by atoms with Crippen LogP contribution < -0.4 is 16.4 Å². The first-order valence-electron chi connectivity index (χ1n) is 8.68. The monoisotopic (exact) mass is 367 g/mol. The smallest absolute Gasteiger partial charge is 0.326 e. The van der Waals surface area contributed by atoms with E-state index in [-0.39, 0.29) is 18.3 Å². The Hall–Kier alpha value is -2.42. The van der Waals surface area contributed by atoms with Crippen molar-refractivity contribution >= 4 is 17.8 Å². The molecule has 3 atom stereocenters. The Labute approximate surface area is 153 Å². The van der Waals surface area contributed by atoms with Crippen molar-refractivity contribution < 1.29 is 19.5 Å². The molecule has 0 saturated heterocycles. The molecule has 0 aliphatic carbocycles. The molecule has 0 bridgehead atoms. The Bertz CT molecular complexity index is 600. The van der Waals surface area contributed by atoms with E-state index in [1.165, 1.54) is 6.33 Å². The van der Waals surface area contributed by atoms with Gasteiger partial charge in [0.05, 0.1) is 12.4 Å². The molecule has 0 saturated carbocycles. The van der Waals surface area contributed by atoms with Crippen LogP contribution in [0, 0.1) is 11.8 Å². The number of hydrogen-bond acceptors (Lipinski definition) is 5. The fourth-order valence-electron chi connectivity index (χ4n) is 2.48. The number of nitrogens with one attached hydrogen (secondary N) is 3. The van der Waals surface area contributed by atoms with Gasteiger partial charge in [-0.3, -0.25) is 9.59 Å². The largest absolute Gasteiger partial charge is 0.480 e. The summed E-state index contributed by atoms with van der Waals surface area (Å²) in [6, 6.07) is -2.72. The molecule has 2 amide bonds. The molecule has 0 aromatic carbocycles. The Kier molecular flexibility index (Phi) is 8.24. The first-order chi connectivity index (χ1) is 12.1. The summed E-state index contributed by atoms with van der Waals surface area (Å²) in [5, 5.41) is 14.4. The SMILES string of the molecule is CC(C)CC(NC(=O)C(N)Cc1cnc[nH]1)C(=O)NC(C(=O)O)C(C)C. The summed E-state index contributed by atoms with van der Waals surface area (Å²) in [6.45, 7) is 7.23. The van der Waals surface area contributed by atoms with Crippen LogP contribution >= 0.6 is 0 Å². The van der Waals surface area contributed by atoms with Gasteiger partial charge in [-0.2, -0.15) is 0 Å². The van der Waals surface area contributed by atoms with Crippen molar-refractivity contribution in [2.75, 3.05) is 0 Å². The number of carboxylic acids is 1. The molecule has 0 aliphatic heterocycles. The molecule has 1 aromatic heterocycles.